The first kappa shape index (κ1) is 22.1. The normalized spacial score (nSPS) is 11.5. The van der Waals surface area contributed by atoms with Crippen molar-refractivity contribution in [2.45, 2.75) is 19.1 Å². The van der Waals surface area contributed by atoms with E-state index in [-0.39, 0.29) is 12.3 Å². The molecular formula is C23H20Br2N2O3. The van der Waals surface area contributed by atoms with Crippen LogP contribution in [-0.4, -0.2) is 17.9 Å². The Morgan fingerprint density at radius 3 is 2.13 bits per heavy atom. The zero-order chi connectivity index (χ0) is 21.5. The maximum atomic E-state index is 12.5. The van der Waals surface area contributed by atoms with Gasteiger partial charge in [-0.15, -0.1) is 0 Å². The van der Waals surface area contributed by atoms with Crippen molar-refractivity contribution in [3.63, 3.8) is 0 Å². The van der Waals surface area contributed by atoms with Crippen molar-refractivity contribution in [3.05, 3.63) is 98.4 Å². The summed E-state index contributed by atoms with van der Waals surface area (Å²) in [6, 6.07) is 21.6. The predicted octanol–water partition coefficient (Wildman–Crippen LogP) is 4.62. The Hall–Kier alpha value is -2.64. The molecule has 0 aromatic heterocycles. The minimum absolute atomic E-state index is 0.287. The van der Waals surface area contributed by atoms with E-state index >= 15 is 0 Å². The molecule has 0 unspecified atom stereocenters. The Balaban J connectivity index is 1.62. The summed E-state index contributed by atoms with van der Waals surface area (Å²) in [5.41, 5.74) is 7.88. The molecule has 0 radical (unpaired) electrons. The monoisotopic (exact) mass is 530 g/mol. The van der Waals surface area contributed by atoms with Crippen LogP contribution in [0.25, 0.3) is 0 Å². The molecule has 3 aromatic carbocycles. The maximum Gasteiger partial charge on any atom is 0.252 e. The summed E-state index contributed by atoms with van der Waals surface area (Å²) >= 11 is 6.70. The van der Waals surface area contributed by atoms with Crippen molar-refractivity contribution in [2.24, 2.45) is 5.73 Å². The molecule has 0 heterocycles. The van der Waals surface area contributed by atoms with Crippen molar-refractivity contribution in [1.29, 1.82) is 0 Å². The highest BCUT2D eigenvalue weighted by Crippen LogP contribution is 2.20. The number of nitrogens with one attached hydrogen (secondary N) is 1. The smallest absolute Gasteiger partial charge is 0.252 e. The second-order valence-corrected chi connectivity index (χ2v) is 8.54. The first-order chi connectivity index (χ1) is 14.4. The fourth-order valence-electron chi connectivity index (χ4n) is 2.85. The molecule has 0 fully saturated rings. The van der Waals surface area contributed by atoms with E-state index in [9.17, 15) is 9.59 Å². The van der Waals surface area contributed by atoms with E-state index in [1.54, 1.807) is 12.1 Å². The SMILES string of the molecule is NC(=O)[C@@H](Cc1ccc(OCc2ccccc2)cc1)NC(=O)c1cc(Br)cc(Br)c1. The molecule has 2 amide bonds. The lowest BCUT2D eigenvalue weighted by atomic mass is 10.0. The lowest BCUT2D eigenvalue weighted by Gasteiger charge is -2.16. The second-order valence-electron chi connectivity index (χ2n) is 6.71. The lowest BCUT2D eigenvalue weighted by Crippen LogP contribution is -2.45. The molecule has 7 heteroatoms. The van der Waals surface area contributed by atoms with Crippen LogP contribution in [0, 0.1) is 0 Å². The molecule has 3 rings (SSSR count). The van der Waals surface area contributed by atoms with Gasteiger partial charge in [-0.1, -0.05) is 74.3 Å². The summed E-state index contributed by atoms with van der Waals surface area (Å²) in [5, 5.41) is 2.71. The third-order valence-electron chi connectivity index (χ3n) is 4.39. The number of nitrogens with two attached hydrogens (primary N) is 1. The standard InChI is InChI=1S/C23H20Br2N2O3/c24-18-11-17(12-19(25)13-18)23(29)27-21(22(26)28)10-15-6-8-20(9-7-15)30-14-16-4-2-1-3-5-16/h1-9,11-13,21H,10,14H2,(H2,26,28)(H,27,29)/t21-/m1/s1. The third kappa shape index (κ3) is 6.43. The molecule has 0 saturated carbocycles. The van der Waals surface area contributed by atoms with E-state index in [2.05, 4.69) is 37.2 Å². The fraction of sp³-hybridized carbons (Fsp3) is 0.130. The second kappa shape index (κ2) is 10.4. The van der Waals surface area contributed by atoms with Crippen molar-refractivity contribution in [1.82, 2.24) is 5.32 Å². The van der Waals surface area contributed by atoms with Gasteiger partial charge < -0.3 is 15.8 Å². The molecule has 0 saturated heterocycles. The minimum atomic E-state index is -0.827. The topological polar surface area (TPSA) is 81.4 Å². The number of primary amides is 1. The van der Waals surface area contributed by atoms with E-state index in [4.69, 9.17) is 10.5 Å². The van der Waals surface area contributed by atoms with E-state index in [1.807, 2.05) is 60.7 Å². The number of benzene rings is 3. The van der Waals surface area contributed by atoms with Gasteiger partial charge in [-0.3, -0.25) is 9.59 Å². The van der Waals surface area contributed by atoms with E-state index in [0.29, 0.717) is 12.2 Å². The molecule has 1 atom stereocenters. The Kier molecular flexibility index (Phi) is 7.65. The zero-order valence-electron chi connectivity index (χ0n) is 16.0. The van der Waals surface area contributed by atoms with Crippen molar-refractivity contribution in [3.8, 4) is 5.75 Å². The maximum absolute atomic E-state index is 12.5. The van der Waals surface area contributed by atoms with Crippen LogP contribution in [0.3, 0.4) is 0 Å². The Morgan fingerprint density at radius 1 is 0.900 bits per heavy atom. The molecule has 154 valence electrons. The van der Waals surface area contributed by atoms with Gasteiger partial charge in [-0.05, 0) is 41.5 Å². The van der Waals surface area contributed by atoms with Crippen LogP contribution in [-0.2, 0) is 17.8 Å². The van der Waals surface area contributed by atoms with Crippen molar-refractivity contribution in [2.75, 3.05) is 0 Å². The number of hydrogen-bond donors (Lipinski definition) is 2. The number of amides is 2. The number of rotatable bonds is 8. The van der Waals surface area contributed by atoms with Crippen LogP contribution in [0.4, 0.5) is 0 Å². The molecular weight excluding hydrogens is 512 g/mol. The number of ether oxygens (including phenoxy) is 1. The fourth-order valence-corrected chi connectivity index (χ4v) is 4.14. The number of halogens is 2. The quantitative estimate of drug-likeness (QED) is 0.445. The predicted molar refractivity (Wildman–Crippen MR) is 123 cm³/mol. The summed E-state index contributed by atoms with van der Waals surface area (Å²) in [6.45, 7) is 0.475. The molecule has 0 aliphatic rings. The van der Waals surface area contributed by atoms with Gasteiger partial charge >= 0.3 is 0 Å². The van der Waals surface area contributed by atoms with Gasteiger partial charge in [0.2, 0.25) is 5.91 Å². The summed E-state index contributed by atoms with van der Waals surface area (Å²) in [4.78, 5) is 24.4. The third-order valence-corrected chi connectivity index (χ3v) is 5.30. The van der Waals surface area contributed by atoms with Crippen molar-refractivity contribution >= 4 is 43.7 Å². The Morgan fingerprint density at radius 2 is 1.53 bits per heavy atom. The van der Waals surface area contributed by atoms with E-state index in [1.165, 1.54) is 0 Å². The van der Waals surface area contributed by atoms with Crippen LogP contribution < -0.4 is 15.8 Å². The molecule has 0 spiro atoms. The number of carbonyl (C=O) groups is 2. The molecule has 3 N–H and O–H groups in total. The molecule has 0 aliphatic carbocycles. The Labute approximate surface area is 191 Å². The van der Waals surface area contributed by atoms with Gasteiger partial charge in [0.05, 0.1) is 0 Å². The summed E-state index contributed by atoms with van der Waals surface area (Å²) in [5.74, 6) is -0.244. The largest absolute Gasteiger partial charge is 0.489 e. The highest BCUT2D eigenvalue weighted by atomic mass is 79.9. The van der Waals surface area contributed by atoms with Gasteiger partial charge in [0.15, 0.2) is 0 Å². The van der Waals surface area contributed by atoms with Gasteiger partial charge in [-0.25, -0.2) is 0 Å². The lowest BCUT2D eigenvalue weighted by molar-refractivity contribution is -0.119. The highest BCUT2D eigenvalue weighted by Gasteiger charge is 2.20. The van der Waals surface area contributed by atoms with Crippen LogP contribution in [0.2, 0.25) is 0 Å². The van der Waals surface area contributed by atoms with Crippen LogP contribution in [0.1, 0.15) is 21.5 Å². The molecule has 30 heavy (non-hydrogen) atoms. The van der Waals surface area contributed by atoms with Gasteiger partial charge in [0.25, 0.3) is 5.91 Å². The number of carbonyl (C=O) groups excluding carboxylic acids is 2. The number of hydrogen-bond acceptors (Lipinski definition) is 3. The van der Waals surface area contributed by atoms with Crippen LogP contribution in [0.5, 0.6) is 5.75 Å². The zero-order valence-corrected chi connectivity index (χ0v) is 19.1. The molecule has 5 nitrogen and oxygen atoms in total. The van der Waals surface area contributed by atoms with E-state index < -0.39 is 11.9 Å². The first-order valence-electron chi connectivity index (χ1n) is 9.22. The average molecular weight is 532 g/mol. The molecule has 0 aliphatic heterocycles. The first-order valence-corrected chi connectivity index (χ1v) is 10.8. The summed E-state index contributed by atoms with van der Waals surface area (Å²) < 4.78 is 7.28. The Bertz CT molecular complexity index is 1000. The van der Waals surface area contributed by atoms with Gasteiger partial charge in [0, 0.05) is 20.9 Å². The minimum Gasteiger partial charge on any atom is -0.489 e. The van der Waals surface area contributed by atoms with Gasteiger partial charge in [0.1, 0.15) is 18.4 Å². The van der Waals surface area contributed by atoms with Gasteiger partial charge in [-0.2, -0.15) is 0 Å². The van der Waals surface area contributed by atoms with Crippen LogP contribution in [0.15, 0.2) is 81.7 Å². The summed E-state index contributed by atoms with van der Waals surface area (Å²) in [6.07, 6.45) is 0.287. The van der Waals surface area contributed by atoms with E-state index in [0.717, 1.165) is 25.8 Å². The highest BCUT2D eigenvalue weighted by molar-refractivity contribution is 9.11. The summed E-state index contributed by atoms with van der Waals surface area (Å²) in [7, 11) is 0. The average Bonchev–Trinajstić information content (AvgIpc) is 2.72. The molecule has 3 aromatic rings. The van der Waals surface area contributed by atoms with Crippen molar-refractivity contribution < 1.29 is 14.3 Å². The van der Waals surface area contributed by atoms with Crippen LogP contribution >= 0.6 is 31.9 Å². The molecule has 0 bridgehead atoms.